The fraction of sp³-hybridized carbons (Fsp3) is 0.683. The zero-order valence-electron chi connectivity index (χ0n) is 54.2. The number of carboxylic acids is 1. The van der Waals surface area contributed by atoms with Crippen molar-refractivity contribution in [3.63, 3.8) is 0 Å². The molecular formula is C63H100N10O15. The van der Waals surface area contributed by atoms with E-state index in [1.165, 1.54) is 50.1 Å². The molecule has 0 spiro atoms. The van der Waals surface area contributed by atoms with Crippen LogP contribution in [0.15, 0.2) is 42.5 Å². The number of imide groups is 1. The summed E-state index contributed by atoms with van der Waals surface area (Å²) in [5, 5.41) is 26.3. The molecule has 1 aromatic carbocycles. The second-order valence-electron chi connectivity index (χ2n) is 24.3. The Kier molecular flexibility index (Phi) is 31.4. The van der Waals surface area contributed by atoms with Crippen molar-refractivity contribution in [1.82, 2.24) is 51.5 Å². The monoisotopic (exact) mass is 1240 g/mol. The number of rotatable bonds is 38. The van der Waals surface area contributed by atoms with Crippen molar-refractivity contribution in [3.8, 4) is 0 Å². The summed E-state index contributed by atoms with van der Waals surface area (Å²) in [6.45, 7) is 17.5. The predicted octanol–water partition coefficient (Wildman–Crippen LogP) is 2.49. The van der Waals surface area contributed by atoms with E-state index in [-0.39, 0.29) is 74.7 Å². The van der Waals surface area contributed by atoms with Crippen molar-refractivity contribution in [2.24, 2.45) is 29.6 Å². The van der Waals surface area contributed by atoms with Crippen LogP contribution in [0.3, 0.4) is 0 Å². The Hall–Kier alpha value is -7.28. The van der Waals surface area contributed by atoms with Gasteiger partial charge in [-0.1, -0.05) is 105 Å². The minimum Gasteiger partial charge on any atom is -0.480 e. The van der Waals surface area contributed by atoms with Gasteiger partial charge in [0.25, 0.3) is 11.8 Å². The van der Waals surface area contributed by atoms with E-state index in [1.807, 2.05) is 19.9 Å². The lowest BCUT2D eigenvalue weighted by Gasteiger charge is -2.41. The maximum atomic E-state index is 14.8. The maximum absolute atomic E-state index is 14.8. The standard InChI is InChI=1S/C63H100N10O15/c1-15-40(8)56(47(87-13)35-51(78)72-33-23-27-46(72)57(88-14)41(9)58(80)67-45(63(85)86)34-43-24-18-16-19-25-43)71(12)62(84)54(38(4)5)69-61(83)55(39(6)7)70(11)52(79)36-65-59(81)44(26-22-31-64-42(10)74)66-60(82)53(37(2)3)68-48(75)28-20-17-21-32-73-49(76)29-30-50(73)77/h16,18-19,24-25,29-30,37-41,44-47,53-57H,15,17,20-23,26-28,31-36H2,1-14H3,(H,64,74)(H,65,81)(H,66,82)(H,67,80)(H,68,75)(H,69,83)(H,85,86)/t40-,41?,44-,45-,46-,47+,53-,54-,55-,56-,57+/m0/s1. The molecule has 2 heterocycles. The van der Waals surface area contributed by atoms with Crippen LogP contribution >= 0.6 is 0 Å². The van der Waals surface area contributed by atoms with Gasteiger partial charge in [-0.2, -0.15) is 0 Å². The molecule has 2 aliphatic heterocycles. The molecule has 3 rings (SSSR count). The summed E-state index contributed by atoms with van der Waals surface area (Å²) in [6.07, 6.45) is 4.25. The lowest BCUT2D eigenvalue weighted by atomic mass is 9.89. The molecule has 0 bridgehead atoms. The number of benzene rings is 1. The first-order chi connectivity index (χ1) is 41.5. The summed E-state index contributed by atoms with van der Waals surface area (Å²) in [5.41, 5.74) is 0.738. The van der Waals surface area contributed by atoms with Gasteiger partial charge >= 0.3 is 5.97 Å². The zero-order valence-corrected chi connectivity index (χ0v) is 54.2. The number of nitrogens with one attached hydrogen (secondary N) is 6. The van der Waals surface area contributed by atoms with Gasteiger partial charge < -0.3 is 61.2 Å². The maximum Gasteiger partial charge on any atom is 0.326 e. The lowest BCUT2D eigenvalue weighted by Crippen LogP contribution is -2.61. The molecule has 11 atom stereocenters. The summed E-state index contributed by atoms with van der Waals surface area (Å²) in [7, 11) is 5.92. The number of carbonyl (C=O) groups is 12. The van der Waals surface area contributed by atoms with Gasteiger partial charge in [0.1, 0.15) is 30.2 Å². The Balaban J connectivity index is 1.72. The molecule has 1 aromatic rings. The van der Waals surface area contributed by atoms with Crippen LogP contribution in [-0.2, 0) is 73.4 Å². The van der Waals surface area contributed by atoms with E-state index in [9.17, 15) is 62.6 Å². The Morgan fingerprint density at radius 1 is 0.705 bits per heavy atom. The fourth-order valence-corrected chi connectivity index (χ4v) is 11.4. The molecular weight excluding hydrogens is 1140 g/mol. The number of ether oxygens (including phenoxy) is 2. The third-order valence-electron chi connectivity index (χ3n) is 16.6. The average Bonchev–Trinajstić information content (AvgIpc) is 4.19. The van der Waals surface area contributed by atoms with Crippen LogP contribution in [0.5, 0.6) is 0 Å². The first-order valence-corrected chi connectivity index (χ1v) is 30.9. The van der Waals surface area contributed by atoms with Gasteiger partial charge in [-0.05, 0) is 67.8 Å². The van der Waals surface area contributed by atoms with E-state index < -0.39 is 132 Å². The third-order valence-corrected chi connectivity index (χ3v) is 16.6. The van der Waals surface area contributed by atoms with Crippen molar-refractivity contribution in [3.05, 3.63) is 48.0 Å². The van der Waals surface area contributed by atoms with E-state index >= 15 is 0 Å². The number of hydrogen-bond donors (Lipinski definition) is 7. The van der Waals surface area contributed by atoms with Gasteiger partial charge in [-0.25, -0.2) is 4.79 Å². The number of carboxylic acid groups (broad SMARTS) is 1. The van der Waals surface area contributed by atoms with Gasteiger partial charge in [0, 0.05) is 79.9 Å². The van der Waals surface area contributed by atoms with Crippen LogP contribution < -0.4 is 31.9 Å². The first-order valence-electron chi connectivity index (χ1n) is 30.9. The van der Waals surface area contributed by atoms with Crippen LogP contribution in [0.1, 0.15) is 139 Å². The molecule has 0 aromatic heterocycles. The first kappa shape index (κ1) is 75.0. The molecule has 2 aliphatic rings. The van der Waals surface area contributed by atoms with E-state index in [4.69, 9.17) is 9.47 Å². The predicted molar refractivity (Wildman–Crippen MR) is 328 cm³/mol. The third kappa shape index (κ3) is 22.4. The summed E-state index contributed by atoms with van der Waals surface area (Å²) in [5.74, 6) is -9.10. The van der Waals surface area contributed by atoms with Crippen LogP contribution in [0, 0.1) is 29.6 Å². The molecule has 1 fully saturated rings. The summed E-state index contributed by atoms with van der Waals surface area (Å²) < 4.78 is 12.0. The smallest absolute Gasteiger partial charge is 0.326 e. The summed E-state index contributed by atoms with van der Waals surface area (Å²) in [4.78, 5) is 165. The molecule has 25 nitrogen and oxygen atoms in total. The topological polar surface area (TPSA) is 329 Å². The van der Waals surface area contributed by atoms with Gasteiger partial charge in [0.05, 0.1) is 43.2 Å². The number of unbranched alkanes of at least 4 members (excludes halogenated alkanes) is 2. The second-order valence-corrected chi connectivity index (χ2v) is 24.3. The number of hydrogen-bond acceptors (Lipinski definition) is 14. The fourth-order valence-electron chi connectivity index (χ4n) is 11.4. The number of methoxy groups -OCH3 is 2. The lowest BCUT2D eigenvalue weighted by molar-refractivity contribution is -0.149. The largest absolute Gasteiger partial charge is 0.480 e. The Bertz CT molecular complexity index is 2560. The van der Waals surface area contributed by atoms with Crippen molar-refractivity contribution in [2.45, 2.75) is 194 Å². The average molecular weight is 1240 g/mol. The molecule has 25 heteroatoms. The van der Waals surface area contributed by atoms with E-state index in [0.717, 1.165) is 10.5 Å². The van der Waals surface area contributed by atoms with Crippen molar-refractivity contribution in [2.75, 3.05) is 54.5 Å². The molecule has 1 saturated heterocycles. The van der Waals surface area contributed by atoms with E-state index in [1.54, 1.807) is 84.7 Å². The Morgan fingerprint density at radius 3 is 1.89 bits per heavy atom. The van der Waals surface area contributed by atoms with Gasteiger partial charge in [0.15, 0.2) is 0 Å². The molecule has 7 N–H and O–H groups in total. The van der Waals surface area contributed by atoms with E-state index in [0.29, 0.717) is 45.1 Å². The Morgan fingerprint density at radius 2 is 1.33 bits per heavy atom. The normalized spacial score (nSPS) is 17.4. The molecule has 0 aliphatic carbocycles. The van der Waals surface area contributed by atoms with E-state index in [2.05, 4.69) is 31.9 Å². The van der Waals surface area contributed by atoms with Gasteiger partial charge in [-0.3, -0.25) is 57.6 Å². The van der Waals surface area contributed by atoms with Crippen molar-refractivity contribution in [1.29, 1.82) is 0 Å². The molecule has 88 heavy (non-hydrogen) atoms. The molecule has 11 amide bonds. The highest BCUT2D eigenvalue weighted by atomic mass is 16.5. The van der Waals surface area contributed by atoms with Crippen LogP contribution in [0.2, 0.25) is 0 Å². The number of nitrogens with zero attached hydrogens (tertiary/aromatic N) is 4. The highest BCUT2D eigenvalue weighted by molar-refractivity contribution is 6.12. The van der Waals surface area contributed by atoms with Gasteiger partial charge in [-0.15, -0.1) is 0 Å². The van der Waals surface area contributed by atoms with Crippen LogP contribution in [0.25, 0.3) is 0 Å². The number of amides is 11. The number of likely N-dealkylation sites (N-methyl/N-ethyl adjacent to an activating group) is 2. The molecule has 492 valence electrons. The highest BCUT2D eigenvalue weighted by Gasteiger charge is 2.44. The van der Waals surface area contributed by atoms with Crippen molar-refractivity contribution >= 4 is 70.9 Å². The number of likely N-dealkylation sites (tertiary alicyclic amines) is 1. The number of carbonyl (C=O) groups excluding carboxylic acids is 11. The Labute approximate surface area is 519 Å². The summed E-state index contributed by atoms with van der Waals surface area (Å²) in [6, 6.07) is 2.04. The quantitative estimate of drug-likeness (QED) is 0.0370. The minimum atomic E-state index is -1.21. The molecule has 0 radical (unpaired) electrons. The SMILES string of the molecule is CC[C@H](C)[C@@H]([C@@H](CC(=O)N1CCC[C@H]1[C@H](OC)C(C)C(=O)N[C@@H](Cc1ccccc1)C(=O)O)OC)N(C)C(=O)[C@@H](NC(=O)[C@H](C(C)C)N(C)C(=O)CNC(=O)[C@H](CCCNC(C)=O)NC(=O)[C@@H](NC(=O)CCCCCN1C(=O)C=CC1=O)C(C)C)C(C)C. The molecule has 1 unspecified atom stereocenters. The van der Waals surface area contributed by atoms with Crippen LogP contribution in [0.4, 0.5) is 0 Å². The highest BCUT2D eigenvalue weighted by Crippen LogP contribution is 2.30. The van der Waals surface area contributed by atoms with Crippen molar-refractivity contribution < 1.29 is 72.1 Å². The zero-order chi connectivity index (χ0) is 66.1. The number of aliphatic carboxylic acids is 1. The summed E-state index contributed by atoms with van der Waals surface area (Å²) >= 11 is 0. The molecule has 0 saturated carbocycles. The second kappa shape index (κ2) is 36.9. The minimum absolute atomic E-state index is 0.0392. The van der Waals surface area contributed by atoms with Gasteiger partial charge in [0.2, 0.25) is 53.2 Å². The van der Waals surface area contributed by atoms with Crippen LogP contribution in [-0.4, -0.2) is 205 Å².